The Morgan fingerprint density at radius 3 is 2.62 bits per heavy atom. The van der Waals surface area contributed by atoms with Crippen LogP contribution in [-0.2, 0) is 6.54 Å². The first-order chi connectivity index (χ1) is 10.1. The zero-order valence-electron chi connectivity index (χ0n) is 13.0. The molecule has 1 heterocycles. The van der Waals surface area contributed by atoms with Crippen molar-refractivity contribution in [2.75, 3.05) is 19.6 Å². The van der Waals surface area contributed by atoms with Gasteiger partial charge >= 0.3 is 5.69 Å². The molecule has 1 N–H and O–H groups in total. The highest BCUT2D eigenvalue weighted by atomic mass is 16.2. The fourth-order valence-electron chi connectivity index (χ4n) is 2.55. The minimum Gasteiger partial charge on any atom is -0.307 e. The zero-order valence-corrected chi connectivity index (χ0v) is 13.0. The van der Waals surface area contributed by atoms with Crippen LogP contribution in [0, 0.1) is 6.92 Å². The van der Waals surface area contributed by atoms with Crippen LogP contribution < -0.4 is 11.2 Å². The van der Waals surface area contributed by atoms with Gasteiger partial charge in [0.25, 0.3) is 5.56 Å². The third-order valence-electron chi connectivity index (χ3n) is 3.76. The van der Waals surface area contributed by atoms with Gasteiger partial charge in [-0.25, -0.2) is 4.79 Å². The Hall–Kier alpha value is -1.88. The molecule has 114 valence electrons. The number of aromatic nitrogens is 2. The lowest BCUT2D eigenvalue weighted by atomic mass is 10.2. The maximum absolute atomic E-state index is 12.5. The number of hydrogen-bond acceptors (Lipinski definition) is 3. The maximum Gasteiger partial charge on any atom is 0.328 e. The molecule has 0 aliphatic rings. The molecule has 0 spiro atoms. The summed E-state index contributed by atoms with van der Waals surface area (Å²) in [6.07, 6.45) is 1.07. The molecule has 2 aromatic rings. The number of hydrogen-bond donors (Lipinski definition) is 1. The summed E-state index contributed by atoms with van der Waals surface area (Å²) in [7, 11) is 0. The van der Waals surface area contributed by atoms with Crippen LogP contribution in [0.5, 0.6) is 0 Å². The zero-order chi connectivity index (χ0) is 15.4. The molecule has 2 rings (SSSR count). The van der Waals surface area contributed by atoms with E-state index in [1.807, 2.05) is 19.1 Å². The van der Waals surface area contributed by atoms with Gasteiger partial charge in [0, 0.05) is 13.1 Å². The molecule has 5 heteroatoms. The number of fused-ring (bicyclic) bond motifs is 1. The second kappa shape index (κ2) is 6.72. The van der Waals surface area contributed by atoms with Gasteiger partial charge in [0.2, 0.25) is 0 Å². The predicted octanol–water partition coefficient (Wildman–Crippen LogP) is 1.73. The number of nitrogens with zero attached hydrogens (tertiary/aromatic N) is 2. The lowest BCUT2D eigenvalue weighted by molar-refractivity contribution is 0.274. The van der Waals surface area contributed by atoms with Crippen LogP contribution in [0.1, 0.15) is 25.8 Å². The van der Waals surface area contributed by atoms with Crippen molar-refractivity contribution < 1.29 is 0 Å². The van der Waals surface area contributed by atoms with E-state index in [1.54, 1.807) is 6.07 Å². The van der Waals surface area contributed by atoms with Crippen LogP contribution >= 0.6 is 0 Å². The Labute approximate surface area is 124 Å². The highest BCUT2D eigenvalue weighted by Gasteiger charge is 2.09. The topological polar surface area (TPSA) is 58.1 Å². The molecule has 0 amide bonds. The molecule has 0 saturated heterocycles. The quantitative estimate of drug-likeness (QED) is 0.881. The van der Waals surface area contributed by atoms with E-state index in [9.17, 15) is 9.59 Å². The summed E-state index contributed by atoms with van der Waals surface area (Å²) in [4.78, 5) is 29.6. The fraction of sp³-hybridized carbons (Fsp3) is 0.500. The summed E-state index contributed by atoms with van der Waals surface area (Å²) < 4.78 is 1.31. The van der Waals surface area contributed by atoms with Gasteiger partial charge in [0.15, 0.2) is 0 Å². The highest BCUT2D eigenvalue weighted by molar-refractivity contribution is 5.77. The summed E-state index contributed by atoms with van der Waals surface area (Å²) in [6.45, 7) is 9.20. The Morgan fingerprint density at radius 1 is 1.19 bits per heavy atom. The van der Waals surface area contributed by atoms with Crippen molar-refractivity contribution in [2.24, 2.45) is 0 Å². The van der Waals surface area contributed by atoms with E-state index in [0.29, 0.717) is 24.0 Å². The largest absolute Gasteiger partial charge is 0.328 e. The Balaban J connectivity index is 2.36. The van der Waals surface area contributed by atoms with E-state index in [0.717, 1.165) is 25.1 Å². The van der Waals surface area contributed by atoms with Crippen molar-refractivity contribution in [2.45, 2.75) is 33.7 Å². The lowest BCUT2D eigenvalue weighted by Gasteiger charge is -2.19. The Morgan fingerprint density at radius 2 is 1.95 bits per heavy atom. The fourth-order valence-corrected chi connectivity index (χ4v) is 2.55. The molecule has 0 atom stereocenters. The number of aryl methyl sites for hydroxylation is 1. The van der Waals surface area contributed by atoms with Gasteiger partial charge in [-0.3, -0.25) is 9.36 Å². The monoisotopic (exact) mass is 289 g/mol. The molecule has 0 bridgehead atoms. The Bertz CT molecular complexity index is 730. The molecule has 1 aromatic carbocycles. The standard InChI is InChI=1S/C16H23N3O2/c1-4-8-18(5-2)9-10-19-15(20)13-11-12(3)6-7-14(13)17-16(19)21/h6-7,11H,4-5,8-10H2,1-3H3,(H,17,21). The van der Waals surface area contributed by atoms with Gasteiger partial charge < -0.3 is 9.88 Å². The predicted molar refractivity (Wildman–Crippen MR) is 86.0 cm³/mol. The van der Waals surface area contributed by atoms with E-state index >= 15 is 0 Å². The van der Waals surface area contributed by atoms with Crippen molar-refractivity contribution in [3.05, 3.63) is 44.6 Å². The van der Waals surface area contributed by atoms with Crippen LogP contribution in [0.25, 0.3) is 10.9 Å². The third-order valence-corrected chi connectivity index (χ3v) is 3.76. The number of benzene rings is 1. The van der Waals surface area contributed by atoms with Gasteiger partial charge in [-0.2, -0.15) is 0 Å². The molecule has 0 aliphatic carbocycles. The van der Waals surface area contributed by atoms with Crippen molar-refractivity contribution in [1.29, 1.82) is 0 Å². The Kier molecular flexibility index (Phi) is 4.96. The molecule has 0 unspecified atom stereocenters. The van der Waals surface area contributed by atoms with Crippen molar-refractivity contribution in [3.8, 4) is 0 Å². The van der Waals surface area contributed by atoms with Crippen LogP contribution in [-0.4, -0.2) is 34.1 Å². The highest BCUT2D eigenvalue weighted by Crippen LogP contribution is 2.07. The van der Waals surface area contributed by atoms with Gasteiger partial charge in [-0.1, -0.05) is 25.5 Å². The number of nitrogens with one attached hydrogen (secondary N) is 1. The van der Waals surface area contributed by atoms with E-state index in [2.05, 4.69) is 23.7 Å². The van der Waals surface area contributed by atoms with Gasteiger partial charge in [0.05, 0.1) is 10.9 Å². The van der Waals surface area contributed by atoms with Crippen molar-refractivity contribution in [3.63, 3.8) is 0 Å². The normalized spacial score (nSPS) is 11.4. The summed E-state index contributed by atoms with van der Waals surface area (Å²) in [5.74, 6) is 0. The second-order valence-corrected chi connectivity index (χ2v) is 5.37. The average molecular weight is 289 g/mol. The maximum atomic E-state index is 12.5. The van der Waals surface area contributed by atoms with Crippen LogP contribution in [0.15, 0.2) is 27.8 Å². The first-order valence-electron chi connectivity index (χ1n) is 7.52. The van der Waals surface area contributed by atoms with Crippen LogP contribution in [0.3, 0.4) is 0 Å². The first kappa shape index (κ1) is 15.5. The molecule has 1 aromatic heterocycles. The second-order valence-electron chi connectivity index (χ2n) is 5.37. The molecular weight excluding hydrogens is 266 g/mol. The third kappa shape index (κ3) is 3.42. The molecule has 0 aliphatic heterocycles. The summed E-state index contributed by atoms with van der Waals surface area (Å²) in [5, 5.41) is 0.577. The summed E-state index contributed by atoms with van der Waals surface area (Å²) >= 11 is 0. The number of likely N-dealkylation sites (N-methyl/N-ethyl adjacent to an activating group) is 1. The van der Waals surface area contributed by atoms with Crippen LogP contribution in [0.2, 0.25) is 0 Å². The van der Waals surface area contributed by atoms with Crippen molar-refractivity contribution >= 4 is 10.9 Å². The van der Waals surface area contributed by atoms with Crippen LogP contribution in [0.4, 0.5) is 0 Å². The molecular formula is C16H23N3O2. The summed E-state index contributed by atoms with van der Waals surface area (Å²) in [6, 6.07) is 5.50. The molecule has 0 saturated carbocycles. The average Bonchev–Trinajstić information content (AvgIpc) is 2.46. The number of aromatic amines is 1. The van der Waals surface area contributed by atoms with Gasteiger partial charge in [0.1, 0.15) is 0 Å². The number of rotatable bonds is 6. The molecule has 21 heavy (non-hydrogen) atoms. The van der Waals surface area contributed by atoms with Gasteiger partial charge in [-0.05, 0) is 38.6 Å². The smallest absolute Gasteiger partial charge is 0.307 e. The lowest BCUT2D eigenvalue weighted by Crippen LogP contribution is -2.39. The minimum absolute atomic E-state index is 0.204. The van der Waals surface area contributed by atoms with E-state index in [4.69, 9.17) is 0 Å². The van der Waals surface area contributed by atoms with E-state index < -0.39 is 0 Å². The van der Waals surface area contributed by atoms with Gasteiger partial charge in [-0.15, -0.1) is 0 Å². The van der Waals surface area contributed by atoms with E-state index in [1.165, 1.54) is 4.57 Å². The molecule has 0 fully saturated rings. The van der Waals surface area contributed by atoms with Crippen molar-refractivity contribution in [1.82, 2.24) is 14.5 Å². The summed E-state index contributed by atoms with van der Waals surface area (Å²) in [5.41, 5.74) is 1.08. The minimum atomic E-state index is -0.330. The molecule has 5 nitrogen and oxygen atoms in total. The number of H-pyrrole nitrogens is 1. The SMILES string of the molecule is CCCN(CC)CCn1c(=O)[nH]c2ccc(C)cc2c1=O. The first-order valence-corrected chi connectivity index (χ1v) is 7.52. The molecule has 0 radical (unpaired) electrons. The van der Waals surface area contributed by atoms with E-state index in [-0.39, 0.29) is 11.2 Å².